The molecule has 0 fully saturated rings. The summed E-state index contributed by atoms with van der Waals surface area (Å²) in [5.41, 5.74) is 0. The fraction of sp³-hybridized carbons (Fsp3) is 0.444. The van der Waals surface area contributed by atoms with E-state index in [2.05, 4.69) is 26.2 Å². The molecular weight excluding hydrogens is 261 g/mol. The van der Waals surface area contributed by atoms with E-state index in [1.807, 2.05) is 0 Å². The first-order valence-electron chi connectivity index (χ1n) is 4.56. The van der Waals surface area contributed by atoms with Crippen LogP contribution in [0.3, 0.4) is 0 Å². The van der Waals surface area contributed by atoms with Gasteiger partial charge >= 0.3 is 12.1 Å². The lowest BCUT2D eigenvalue weighted by Gasteiger charge is -2.18. The minimum absolute atomic E-state index is 0.139. The van der Waals surface area contributed by atoms with E-state index in [9.17, 15) is 22.0 Å². The summed E-state index contributed by atoms with van der Waals surface area (Å²) in [6, 6.07) is 1.11. The number of aromatic amines is 1. The van der Waals surface area contributed by atoms with Crippen molar-refractivity contribution in [1.29, 1.82) is 0 Å². The monoisotopic (exact) mass is 269 g/mol. The topological polar surface area (TPSA) is 49.9 Å². The molecule has 0 spiro atoms. The van der Waals surface area contributed by atoms with E-state index in [1.165, 1.54) is 0 Å². The van der Waals surface area contributed by atoms with E-state index < -0.39 is 24.6 Å². The first-order chi connectivity index (χ1) is 8.26. The number of H-pyrrole nitrogens is 1. The predicted molar refractivity (Wildman–Crippen MR) is 52.4 cm³/mol. The van der Waals surface area contributed by atoms with Gasteiger partial charge in [-0.2, -0.15) is 22.0 Å². The van der Waals surface area contributed by atoms with Crippen molar-refractivity contribution in [1.82, 2.24) is 10.2 Å². The quantitative estimate of drug-likeness (QED) is 0.635. The molecule has 18 heavy (non-hydrogen) atoms. The van der Waals surface area contributed by atoms with Crippen LogP contribution in [0.4, 0.5) is 27.8 Å². The van der Waals surface area contributed by atoms with Crippen molar-refractivity contribution < 1.29 is 26.7 Å². The number of anilines is 1. The van der Waals surface area contributed by atoms with Crippen LogP contribution < -0.4 is 10.1 Å². The molecule has 0 aliphatic carbocycles. The second kappa shape index (κ2) is 5.12. The smallest absolute Gasteiger partial charge is 0.456 e. The second-order valence-corrected chi connectivity index (χ2v) is 3.17. The SMILES string of the molecule is C#CCNc1cc(OCC(F)(F)C(F)(F)F)n[nH]1. The summed E-state index contributed by atoms with van der Waals surface area (Å²) in [5.74, 6) is -2.84. The average molecular weight is 269 g/mol. The van der Waals surface area contributed by atoms with Gasteiger partial charge in [-0.3, -0.25) is 5.10 Å². The number of hydrogen-bond donors (Lipinski definition) is 2. The van der Waals surface area contributed by atoms with E-state index in [0.29, 0.717) is 0 Å². The van der Waals surface area contributed by atoms with Crippen molar-refractivity contribution in [3.05, 3.63) is 6.07 Å². The lowest BCUT2D eigenvalue weighted by Crippen LogP contribution is -2.41. The maximum Gasteiger partial charge on any atom is 0.456 e. The van der Waals surface area contributed by atoms with Gasteiger partial charge in [-0.15, -0.1) is 11.5 Å². The Morgan fingerprint density at radius 3 is 2.61 bits per heavy atom. The fourth-order valence-electron chi connectivity index (χ4n) is 0.861. The molecule has 0 aliphatic rings. The minimum Gasteiger partial charge on any atom is -0.470 e. The molecule has 1 aromatic rings. The van der Waals surface area contributed by atoms with Gasteiger partial charge in [0.2, 0.25) is 5.88 Å². The highest BCUT2D eigenvalue weighted by Crippen LogP contribution is 2.35. The molecule has 0 amide bonds. The number of aromatic nitrogens is 2. The summed E-state index contributed by atoms with van der Waals surface area (Å²) in [6.45, 7) is -1.70. The zero-order chi connectivity index (χ0) is 13.8. The second-order valence-electron chi connectivity index (χ2n) is 3.17. The summed E-state index contributed by atoms with van der Waals surface area (Å²) >= 11 is 0. The average Bonchev–Trinajstić information content (AvgIpc) is 2.70. The molecule has 2 N–H and O–H groups in total. The molecule has 0 aliphatic heterocycles. The largest absolute Gasteiger partial charge is 0.470 e. The molecule has 1 heterocycles. The van der Waals surface area contributed by atoms with Crippen molar-refractivity contribution in [2.24, 2.45) is 0 Å². The van der Waals surface area contributed by atoms with Gasteiger partial charge in [0, 0.05) is 6.07 Å². The molecule has 1 aromatic heterocycles. The van der Waals surface area contributed by atoms with Crippen molar-refractivity contribution >= 4 is 5.82 Å². The van der Waals surface area contributed by atoms with E-state index in [4.69, 9.17) is 6.42 Å². The van der Waals surface area contributed by atoms with E-state index in [1.54, 1.807) is 0 Å². The van der Waals surface area contributed by atoms with Crippen LogP contribution in [-0.2, 0) is 0 Å². The van der Waals surface area contributed by atoms with Crippen LogP contribution >= 0.6 is 0 Å². The minimum atomic E-state index is -5.66. The zero-order valence-electron chi connectivity index (χ0n) is 8.81. The van der Waals surface area contributed by atoms with E-state index >= 15 is 0 Å². The number of nitrogens with one attached hydrogen (secondary N) is 2. The highest BCUT2D eigenvalue weighted by molar-refractivity contribution is 5.38. The summed E-state index contributed by atoms with van der Waals surface area (Å²) in [5, 5.41) is 8.28. The summed E-state index contributed by atoms with van der Waals surface area (Å²) in [6.07, 6.45) is -0.714. The maximum absolute atomic E-state index is 12.5. The zero-order valence-corrected chi connectivity index (χ0v) is 8.81. The Morgan fingerprint density at radius 1 is 1.39 bits per heavy atom. The number of ether oxygens (including phenoxy) is 1. The van der Waals surface area contributed by atoms with E-state index in [-0.39, 0.29) is 12.4 Å². The van der Waals surface area contributed by atoms with E-state index in [0.717, 1.165) is 6.07 Å². The van der Waals surface area contributed by atoms with Crippen LogP contribution in [0, 0.1) is 12.3 Å². The van der Waals surface area contributed by atoms with Gasteiger partial charge in [0.1, 0.15) is 5.82 Å². The van der Waals surface area contributed by atoms with Crippen molar-refractivity contribution in [3.8, 4) is 18.2 Å². The van der Waals surface area contributed by atoms with Crippen LogP contribution in [-0.4, -0.2) is 35.4 Å². The van der Waals surface area contributed by atoms with Gasteiger partial charge < -0.3 is 10.1 Å². The van der Waals surface area contributed by atoms with Gasteiger partial charge in [-0.25, -0.2) is 0 Å². The summed E-state index contributed by atoms with van der Waals surface area (Å²) in [4.78, 5) is 0. The van der Waals surface area contributed by atoms with Crippen LogP contribution in [0.15, 0.2) is 6.07 Å². The van der Waals surface area contributed by atoms with Gasteiger partial charge in [0.25, 0.3) is 0 Å². The normalized spacial score (nSPS) is 12.0. The number of terminal acetylenes is 1. The molecule has 0 saturated heterocycles. The van der Waals surface area contributed by atoms with Crippen LogP contribution in [0.5, 0.6) is 5.88 Å². The third kappa shape index (κ3) is 3.51. The Kier molecular flexibility index (Phi) is 4.00. The molecule has 1 rings (SSSR count). The number of hydrogen-bond acceptors (Lipinski definition) is 3. The Morgan fingerprint density at radius 2 is 2.06 bits per heavy atom. The third-order valence-corrected chi connectivity index (χ3v) is 1.75. The molecular formula is C9H8F5N3O. The Labute approximate surface area is 98.5 Å². The molecule has 100 valence electrons. The van der Waals surface area contributed by atoms with Gasteiger partial charge in [-0.05, 0) is 0 Å². The summed E-state index contributed by atoms with van der Waals surface area (Å²) in [7, 11) is 0. The maximum atomic E-state index is 12.5. The van der Waals surface area contributed by atoms with Gasteiger partial charge in [0.15, 0.2) is 6.61 Å². The molecule has 9 heteroatoms. The molecule has 0 unspecified atom stereocenters. The van der Waals surface area contributed by atoms with Crippen molar-refractivity contribution in [2.75, 3.05) is 18.5 Å². The Hall–Kier alpha value is -1.98. The Balaban J connectivity index is 2.54. The predicted octanol–water partition coefficient (Wildman–Crippen LogP) is 2.03. The van der Waals surface area contributed by atoms with Crippen LogP contribution in [0.2, 0.25) is 0 Å². The van der Waals surface area contributed by atoms with Gasteiger partial charge in [0.05, 0.1) is 6.54 Å². The Bertz CT molecular complexity index is 434. The molecule has 0 atom stereocenters. The highest BCUT2D eigenvalue weighted by Gasteiger charge is 2.58. The van der Waals surface area contributed by atoms with Crippen molar-refractivity contribution in [3.63, 3.8) is 0 Å². The van der Waals surface area contributed by atoms with Crippen LogP contribution in [0.25, 0.3) is 0 Å². The molecule has 4 nitrogen and oxygen atoms in total. The van der Waals surface area contributed by atoms with Gasteiger partial charge in [-0.1, -0.05) is 5.92 Å². The standard InChI is InChI=1S/C9H8F5N3O/c1-2-3-15-6-4-7(17-16-6)18-5-8(10,11)9(12,13)14/h1,4H,3,5H2,(H2,15,16,17). The lowest BCUT2D eigenvalue weighted by molar-refractivity contribution is -0.290. The fourth-order valence-corrected chi connectivity index (χ4v) is 0.861. The number of nitrogens with zero attached hydrogens (tertiary/aromatic N) is 1. The first-order valence-corrected chi connectivity index (χ1v) is 4.56. The first kappa shape index (κ1) is 14.1. The molecule has 0 aromatic carbocycles. The molecule has 0 bridgehead atoms. The van der Waals surface area contributed by atoms with Crippen molar-refractivity contribution in [2.45, 2.75) is 12.1 Å². The number of alkyl halides is 5. The third-order valence-electron chi connectivity index (χ3n) is 1.75. The van der Waals surface area contributed by atoms with Crippen LogP contribution in [0.1, 0.15) is 0 Å². The number of rotatable bonds is 5. The summed E-state index contributed by atoms with van der Waals surface area (Å²) < 4.78 is 64.7. The molecule has 0 radical (unpaired) electrons. The number of halogens is 5. The lowest BCUT2D eigenvalue weighted by atomic mass is 10.3. The highest BCUT2D eigenvalue weighted by atomic mass is 19.4. The molecule has 0 saturated carbocycles.